The fourth-order valence-corrected chi connectivity index (χ4v) is 3.18. The normalized spacial score (nSPS) is 24.8. The third kappa shape index (κ3) is 2.93. The lowest BCUT2D eigenvalue weighted by molar-refractivity contribution is 0.0923. The van der Waals surface area contributed by atoms with Crippen LogP contribution in [0.4, 0.5) is 0 Å². The molecular weight excluding hydrogens is 220 g/mol. The van der Waals surface area contributed by atoms with Gasteiger partial charge in [-0.25, -0.2) is 0 Å². The maximum Gasteiger partial charge on any atom is 0.0499 e. The van der Waals surface area contributed by atoms with E-state index in [2.05, 4.69) is 49.9 Å². The smallest absolute Gasteiger partial charge is 0.0499 e. The number of hydrogen-bond donors (Lipinski definition) is 1. The van der Waals surface area contributed by atoms with E-state index in [4.69, 9.17) is 5.73 Å². The van der Waals surface area contributed by atoms with E-state index in [9.17, 15) is 0 Å². The molecule has 18 heavy (non-hydrogen) atoms. The van der Waals surface area contributed by atoms with Crippen LogP contribution in [0.2, 0.25) is 0 Å². The van der Waals surface area contributed by atoms with Gasteiger partial charge in [-0.3, -0.25) is 4.90 Å². The zero-order valence-electron chi connectivity index (χ0n) is 11.9. The molecule has 0 aliphatic carbocycles. The monoisotopic (exact) mass is 246 g/mol. The molecule has 1 heterocycles. The maximum absolute atomic E-state index is 6.27. The summed E-state index contributed by atoms with van der Waals surface area (Å²) in [7, 11) is 0. The van der Waals surface area contributed by atoms with E-state index in [1.54, 1.807) is 0 Å². The van der Waals surface area contributed by atoms with E-state index in [0.717, 1.165) is 0 Å². The summed E-state index contributed by atoms with van der Waals surface area (Å²) >= 11 is 0. The molecule has 0 aromatic heterocycles. The van der Waals surface area contributed by atoms with Crippen LogP contribution in [-0.4, -0.2) is 23.5 Å². The van der Waals surface area contributed by atoms with Crippen LogP contribution in [0.3, 0.4) is 0 Å². The fourth-order valence-electron chi connectivity index (χ4n) is 3.18. The van der Waals surface area contributed by atoms with Crippen LogP contribution >= 0.6 is 0 Å². The van der Waals surface area contributed by atoms with Crippen molar-refractivity contribution in [2.24, 2.45) is 5.73 Å². The number of hydrogen-bond acceptors (Lipinski definition) is 2. The van der Waals surface area contributed by atoms with E-state index >= 15 is 0 Å². The van der Waals surface area contributed by atoms with Crippen LogP contribution in [-0.2, 0) is 0 Å². The number of aryl methyl sites for hydroxylation is 1. The Kier molecular flexibility index (Phi) is 4.41. The Morgan fingerprint density at radius 3 is 2.72 bits per heavy atom. The van der Waals surface area contributed by atoms with Gasteiger partial charge in [-0.15, -0.1) is 0 Å². The van der Waals surface area contributed by atoms with Gasteiger partial charge in [-0.2, -0.15) is 0 Å². The zero-order chi connectivity index (χ0) is 13.1. The first-order valence-electron chi connectivity index (χ1n) is 7.17. The molecule has 0 bridgehead atoms. The third-order valence-corrected chi connectivity index (χ3v) is 4.09. The SMILES string of the molecule is Cc1cccc(C(C(C)N)N2CCCCC2C)c1. The number of piperidine rings is 1. The molecule has 2 rings (SSSR count). The number of nitrogens with zero attached hydrogens (tertiary/aromatic N) is 1. The van der Waals surface area contributed by atoms with Crippen LogP contribution in [0.5, 0.6) is 0 Å². The van der Waals surface area contributed by atoms with Crippen LogP contribution < -0.4 is 5.73 Å². The standard InChI is InChI=1S/C16H26N2/c1-12-7-6-9-15(11-12)16(14(3)17)18-10-5-4-8-13(18)2/h6-7,9,11,13-14,16H,4-5,8,10,17H2,1-3H3. The van der Waals surface area contributed by atoms with Gasteiger partial charge in [0.05, 0.1) is 0 Å². The van der Waals surface area contributed by atoms with Gasteiger partial charge in [-0.1, -0.05) is 36.2 Å². The Hall–Kier alpha value is -0.860. The van der Waals surface area contributed by atoms with Crippen molar-refractivity contribution < 1.29 is 0 Å². The van der Waals surface area contributed by atoms with Crippen molar-refractivity contribution in [2.75, 3.05) is 6.54 Å². The van der Waals surface area contributed by atoms with Gasteiger partial charge in [-0.05, 0) is 45.7 Å². The molecule has 2 heteroatoms. The lowest BCUT2D eigenvalue weighted by Crippen LogP contribution is -2.46. The van der Waals surface area contributed by atoms with Crippen LogP contribution in [0.25, 0.3) is 0 Å². The van der Waals surface area contributed by atoms with Crippen molar-refractivity contribution in [2.45, 2.75) is 58.2 Å². The third-order valence-electron chi connectivity index (χ3n) is 4.09. The minimum Gasteiger partial charge on any atom is -0.326 e. The summed E-state index contributed by atoms with van der Waals surface area (Å²) in [6, 6.07) is 10.00. The molecule has 3 atom stereocenters. The number of nitrogens with two attached hydrogens (primary N) is 1. The molecule has 1 aliphatic heterocycles. The van der Waals surface area contributed by atoms with E-state index in [1.165, 1.54) is 36.9 Å². The Morgan fingerprint density at radius 1 is 1.33 bits per heavy atom. The Labute approximate surface area is 111 Å². The van der Waals surface area contributed by atoms with Gasteiger partial charge in [0.2, 0.25) is 0 Å². The van der Waals surface area contributed by atoms with Crippen molar-refractivity contribution in [3.05, 3.63) is 35.4 Å². The van der Waals surface area contributed by atoms with E-state index in [0.29, 0.717) is 12.1 Å². The van der Waals surface area contributed by atoms with Gasteiger partial charge < -0.3 is 5.73 Å². The highest BCUT2D eigenvalue weighted by Crippen LogP contribution is 2.30. The molecule has 1 saturated heterocycles. The molecule has 100 valence electrons. The van der Waals surface area contributed by atoms with E-state index < -0.39 is 0 Å². The van der Waals surface area contributed by atoms with Crippen LogP contribution in [0.15, 0.2) is 24.3 Å². The molecule has 2 nitrogen and oxygen atoms in total. The zero-order valence-corrected chi connectivity index (χ0v) is 11.9. The minimum atomic E-state index is 0.173. The van der Waals surface area contributed by atoms with Crippen molar-refractivity contribution in [1.29, 1.82) is 0 Å². The Morgan fingerprint density at radius 2 is 2.11 bits per heavy atom. The summed E-state index contributed by atoms with van der Waals surface area (Å²) in [5.41, 5.74) is 8.97. The average molecular weight is 246 g/mol. The highest BCUT2D eigenvalue weighted by atomic mass is 15.2. The topological polar surface area (TPSA) is 29.3 Å². The van der Waals surface area contributed by atoms with E-state index in [1.807, 2.05) is 0 Å². The molecule has 2 N–H and O–H groups in total. The van der Waals surface area contributed by atoms with Crippen molar-refractivity contribution >= 4 is 0 Å². The molecule has 0 spiro atoms. The van der Waals surface area contributed by atoms with Crippen LogP contribution in [0, 0.1) is 6.92 Å². The molecule has 0 amide bonds. The summed E-state index contributed by atoms with van der Waals surface area (Å²) in [6.07, 6.45) is 3.96. The molecule has 1 fully saturated rings. The lowest BCUT2D eigenvalue weighted by atomic mass is 9.93. The number of rotatable bonds is 3. The maximum atomic E-state index is 6.27. The molecule has 3 unspecified atom stereocenters. The predicted octanol–water partition coefficient (Wildman–Crippen LogP) is 3.26. The number of likely N-dealkylation sites (tertiary alicyclic amines) is 1. The van der Waals surface area contributed by atoms with E-state index in [-0.39, 0.29) is 6.04 Å². The second-order valence-corrected chi connectivity index (χ2v) is 5.80. The molecule has 0 saturated carbocycles. The molecule has 0 radical (unpaired) electrons. The second kappa shape index (κ2) is 5.85. The first-order valence-corrected chi connectivity index (χ1v) is 7.17. The minimum absolute atomic E-state index is 0.173. The summed E-state index contributed by atoms with van der Waals surface area (Å²) in [5.74, 6) is 0. The molecule has 1 aromatic rings. The molecule has 1 aliphatic rings. The first-order chi connectivity index (χ1) is 8.59. The second-order valence-electron chi connectivity index (χ2n) is 5.80. The molecular formula is C16H26N2. The summed E-state index contributed by atoms with van der Waals surface area (Å²) in [6.45, 7) is 7.81. The largest absolute Gasteiger partial charge is 0.326 e. The highest BCUT2D eigenvalue weighted by Gasteiger charge is 2.29. The fraction of sp³-hybridized carbons (Fsp3) is 0.625. The number of benzene rings is 1. The van der Waals surface area contributed by atoms with Crippen molar-refractivity contribution in [1.82, 2.24) is 4.90 Å². The highest BCUT2D eigenvalue weighted by molar-refractivity contribution is 5.26. The quantitative estimate of drug-likeness (QED) is 0.887. The Balaban J connectivity index is 2.27. The van der Waals surface area contributed by atoms with Gasteiger partial charge in [0.25, 0.3) is 0 Å². The predicted molar refractivity (Wildman–Crippen MR) is 77.6 cm³/mol. The van der Waals surface area contributed by atoms with Gasteiger partial charge >= 0.3 is 0 Å². The summed E-state index contributed by atoms with van der Waals surface area (Å²) in [5, 5.41) is 0. The first kappa shape index (κ1) is 13.6. The Bertz CT molecular complexity index is 386. The van der Waals surface area contributed by atoms with Gasteiger partial charge in [0.1, 0.15) is 0 Å². The van der Waals surface area contributed by atoms with Crippen molar-refractivity contribution in [3.8, 4) is 0 Å². The van der Waals surface area contributed by atoms with Crippen LogP contribution in [0.1, 0.15) is 50.3 Å². The molecule has 1 aromatic carbocycles. The summed E-state index contributed by atoms with van der Waals surface area (Å²) in [4.78, 5) is 2.60. The van der Waals surface area contributed by atoms with Crippen molar-refractivity contribution in [3.63, 3.8) is 0 Å². The lowest BCUT2D eigenvalue weighted by Gasteiger charge is -2.41. The van der Waals surface area contributed by atoms with Gasteiger partial charge in [0.15, 0.2) is 0 Å². The average Bonchev–Trinajstić information content (AvgIpc) is 2.32. The van der Waals surface area contributed by atoms with Gasteiger partial charge in [0, 0.05) is 18.1 Å². The summed E-state index contributed by atoms with van der Waals surface area (Å²) < 4.78 is 0.